The minimum absolute atomic E-state index is 0.347. The van der Waals surface area contributed by atoms with Crippen LogP contribution in [0.4, 0.5) is 10.2 Å². The average molecular weight is 240 g/mol. The smallest absolute Gasteiger partial charge is 0.133 e. The van der Waals surface area contributed by atoms with Crippen LogP contribution in [0.2, 0.25) is 5.02 Å². The molecule has 0 saturated carbocycles. The molecule has 0 aliphatic rings. The number of nitrogens with zero attached hydrogens (tertiary/aromatic N) is 2. The molecule has 2 rings (SSSR count). The molecule has 2 N–H and O–H groups in total. The Hall–Kier alpha value is -1.55. The molecular formula is C11H11ClFN3. The lowest BCUT2D eigenvalue weighted by Crippen LogP contribution is -1.96. The van der Waals surface area contributed by atoms with Crippen LogP contribution in [0.15, 0.2) is 18.2 Å². The van der Waals surface area contributed by atoms with Gasteiger partial charge < -0.3 is 5.73 Å². The summed E-state index contributed by atoms with van der Waals surface area (Å²) in [5, 5.41) is 4.62. The Morgan fingerprint density at radius 2 is 2.06 bits per heavy atom. The molecule has 0 atom stereocenters. The Morgan fingerprint density at radius 1 is 1.38 bits per heavy atom. The number of rotatable bonds is 1. The molecule has 0 unspecified atom stereocenters. The van der Waals surface area contributed by atoms with Gasteiger partial charge >= 0.3 is 0 Å². The molecule has 0 aliphatic heterocycles. The van der Waals surface area contributed by atoms with Gasteiger partial charge in [0.2, 0.25) is 0 Å². The SMILES string of the molecule is Cc1cc(F)c(-c2cc(N)n(C)n2)cc1Cl. The highest BCUT2D eigenvalue weighted by molar-refractivity contribution is 6.31. The van der Waals surface area contributed by atoms with Gasteiger partial charge in [-0.05, 0) is 24.6 Å². The maximum atomic E-state index is 13.7. The molecular weight excluding hydrogens is 229 g/mol. The fourth-order valence-corrected chi connectivity index (χ4v) is 1.62. The lowest BCUT2D eigenvalue weighted by Gasteiger charge is -2.03. The maximum absolute atomic E-state index is 13.7. The molecule has 84 valence electrons. The molecule has 16 heavy (non-hydrogen) atoms. The van der Waals surface area contributed by atoms with Gasteiger partial charge in [0.05, 0.1) is 5.69 Å². The number of hydrogen-bond acceptors (Lipinski definition) is 2. The number of aromatic nitrogens is 2. The van der Waals surface area contributed by atoms with E-state index in [1.165, 1.54) is 10.7 Å². The molecule has 0 saturated heterocycles. The second kappa shape index (κ2) is 3.79. The van der Waals surface area contributed by atoms with Crippen LogP contribution in [-0.2, 0) is 7.05 Å². The molecule has 0 spiro atoms. The fourth-order valence-electron chi connectivity index (χ4n) is 1.46. The lowest BCUT2D eigenvalue weighted by atomic mass is 10.1. The van der Waals surface area contributed by atoms with Gasteiger partial charge in [-0.15, -0.1) is 0 Å². The Labute approximate surface area is 97.6 Å². The van der Waals surface area contributed by atoms with E-state index in [9.17, 15) is 4.39 Å². The number of hydrogen-bond donors (Lipinski definition) is 1. The van der Waals surface area contributed by atoms with Crippen LogP contribution in [0.25, 0.3) is 11.3 Å². The van der Waals surface area contributed by atoms with Gasteiger partial charge in [0.1, 0.15) is 11.6 Å². The number of anilines is 1. The van der Waals surface area contributed by atoms with E-state index in [4.69, 9.17) is 17.3 Å². The third-order valence-corrected chi connectivity index (χ3v) is 2.85. The summed E-state index contributed by atoms with van der Waals surface area (Å²) in [4.78, 5) is 0. The number of halogens is 2. The van der Waals surface area contributed by atoms with Crippen LogP contribution in [0.1, 0.15) is 5.56 Å². The molecule has 1 aromatic carbocycles. The number of nitrogen functional groups attached to an aromatic ring is 1. The minimum atomic E-state index is -0.347. The Bertz CT molecular complexity index is 529. The zero-order valence-electron chi connectivity index (χ0n) is 8.96. The van der Waals surface area contributed by atoms with Crippen LogP contribution in [-0.4, -0.2) is 9.78 Å². The lowest BCUT2D eigenvalue weighted by molar-refractivity contribution is 0.629. The summed E-state index contributed by atoms with van der Waals surface area (Å²) in [7, 11) is 1.70. The van der Waals surface area contributed by atoms with Gasteiger partial charge in [0.25, 0.3) is 0 Å². The first-order valence-electron chi connectivity index (χ1n) is 4.74. The highest BCUT2D eigenvalue weighted by Crippen LogP contribution is 2.28. The molecule has 0 amide bonds. The van der Waals surface area contributed by atoms with Crippen LogP contribution in [0.3, 0.4) is 0 Å². The van der Waals surface area contributed by atoms with E-state index >= 15 is 0 Å². The van der Waals surface area contributed by atoms with Crippen LogP contribution in [0, 0.1) is 12.7 Å². The molecule has 1 aromatic heterocycles. The van der Waals surface area contributed by atoms with Gasteiger partial charge in [-0.1, -0.05) is 11.6 Å². The van der Waals surface area contributed by atoms with Crippen molar-refractivity contribution in [3.8, 4) is 11.3 Å². The monoisotopic (exact) mass is 239 g/mol. The van der Waals surface area contributed by atoms with Crippen molar-refractivity contribution in [1.82, 2.24) is 9.78 Å². The quantitative estimate of drug-likeness (QED) is 0.832. The van der Waals surface area contributed by atoms with Crippen molar-refractivity contribution in [2.45, 2.75) is 6.92 Å². The van der Waals surface area contributed by atoms with E-state index in [0.29, 0.717) is 27.7 Å². The van der Waals surface area contributed by atoms with Crippen molar-refractivity contribution in [1.29, 1.82) is 0 Å². The molecule has 0 radical (unpaired) electrons. The first kappa shape index (κ1) is 11.0. The molecule has 2 aromatic rings. The first-order valence-corrected chi connectivity index (χ1v) is 5.12. The standard InChI is InChI=1S/C11H11ClFN3/c1-6-3-9(13)7(4-8(6)12)10-5-11(14)16(2)15-10/h3-5H,14H2,1-2H3. The van der Waals surface area contributed by atoms with Crippen molar-refractivity contribution in [2.75, 3.05) is 5.73 Å². The molecule has 0 bridgehead atoms. The highest BCUT2D eigenvalue weighted by atomic mass is 35.5. The Balaban J connectivity index is 2.60. The predicted octanol–water partition coefficient (Wildman–Crippen LogP) is 2.77. The van der Waals surface area contributed by atoms with E-state index in [-0.39, 0.29) is 5.82 Å². The maximum Gasteiger partial charge on any atom is 0.133 e. The van der Waals surface area contributed by atoms with E-state index < -0.39 is 0 Å². The Morgan fingerprint density at radius 3 is 2.62 bits per heavy atom. The number of nitrogens with two attached hydrogens (primary N) is 1. The third-order valence-electron chi connectivity index (χ3n) is 2.44. The second-order valence-electron chi connectivity index (χ2n) is 3.66. The highest BCUT2D eigenvalue weighted by Gasteiger charge is 2.12. The predicted molar refractivity (Wildman–Crippen MR) is 62.8 cm³/mol. The van der Waals surface area contributed by atoms with Crippen molar-refractivity contribution < 1.29 is 4.39 Å². The molecule has 0 fully saturated rings. The normalized spacial score (nSPS) is 10.8. The summed E-state index contributed by atoms with van der Waals surface area (Å²) in [5.74, 6) is 0.131. The summed E-state index contributed by atoms with van der Waals surface area (Å²) in [6.45, 7) is 1.75. The van der Waals surface area contributed by atoms with E-state index in [1.807, 2.05) is 0 Å². The first-order chi connectivity index (χ1) is 7.49. The fraction of sp³-hybridized carbons (Fsp3) is 0.182. The summed E-state index contributed by atoms with van der Waals surface area (Å²) in [6.07, 6.45) is 0. The zero-order valence-corrected chi connectivity index (χ0v) is 9.72. The van der Waals surface area contributed by atoms with Crippen molar-refractivity contribution in [3.63, 3.8) is 0 Å². The molecule has 3 nitrogen and oxygen atoms in total. The second-order valence-corrected chi connectivity index (χ2v) is 4.07. The topological polar surface area (TPSA) is 43.8 Å². The number of aryl methyl sites for hydroxylation is 2. The molecule has 1 heterocycles. The van der Waals surface area contributed by atoms with Gasteiger partial charge in [-0.3, -0.25) is 4.68 Å². The van der Waals surface area contributed by atoms with Crippen molar-refractivity contribution in [2.24, 2.45) is 7.05 Å². The molecule has 0 aliphatic carbocycles. The molecule has 5 heteroatoms. The van der Waals surface area contributed by atoms with Crippen molar-refractivity contribution in [3.05, 3.63) is 34.6 Å². The van der Waals surface area contributed by atoms with Crippen LogP contribution < -0.4 is 5.73 Å². The van der Waals surface area contributed by atoms with E-state index in [2.05, 4.69) is 5.10 Å². The van der Waals surface area contributed by atoms with Crippen molar-refractivity contribution >= 4 is 17.4 Å². The van der Waals surface area contributed by atoms with Gasteiger partial charge in [-0.2, -0.15) is 5.10 Å². The number of benzene rings is 1. The van der Waals surface area contributed by atoms with Crippen LogP contribution in [0.5, 0.6) is 0 Å². The summed E-state index contributed by atoms with van der Waals surface area (Å²) in [6, 6.07) is 4.57. The summed E-state index contributed by atoms with van der Waals surface area (Å²) in [5.41, 5.74) is 7.19. The zero-order chi connectivity index (χ0) is 11.9. The summed E-state index contributed by atoms with van der Waals surface area (Å²) >= 11 is 5.95. The minimum Gasteiger partial charge on any atom is -0.384 e. The van der Waals surface area contributed by atoms with E-state index in [1.54, 1.807) is 26.1 Å². The largest absolute Gasteiger partial charge is 0.384 e. The average Bonchev–Trinajstić information content (AvgIpc) is 2.53. The van der Waals surface area contributed by atoms with E-state index in [0.717, 1.165) is 0 Å². The van der Waals surface area contributed by atoms with Gasteiger partial charge in [0, 0.05) is 23.7 Å². The third kappa shape index (κ3) is 1.76. The summed E-state index contributed by atoms with van der Waals surface area (Å²) < 4.78 is 15.2. The van der Waals surface area contributed by atoms with Gasteiger partial charge in [-0.25, -0.2) is 4.39 Å². The Kier molecular flexibility index (Phi) is 2.59. The van der Waals surface area contributed by atoms with Crippen LogP contribution >= 0.6 is 11.6 Å². The van der Waals surface area contributed by atoms with Gasteiger partial charge in [0.15, 0.2) is 0 Å².